The second-order valence-corrected chi connectivity index (χ2v) is 9.00. The highest BCUT2D eigenvalue weighted by molar-refractivity contribution is 5.89. The van der Waals surface area contributed by atoms with Gasteiger partial charge in [0.05, 0.1) is 30.0 Å². The molecule has 2 N–H and O–H groups in total. The summed E-state index contributed by atoms with van der Waals surface area (Å²) in [4.78, 5) is 32.3. The largest absolute Gasteiger partial charge is 0.342 e. The lowest BCUT2D eigenvalue weighted by Gasteiger charge is -2.29. The van der Waals surface area contributed by atoms with E-state index in [4.69, 9.17) is 0 Å². The normalized spacial score (nSPS) is 18.8. The van der Waals surface area contributed by atoms with Gasteiger partial charge in [-0.3, -0.25) is 9.59 Å². The van der Waals surface area contributed by atoms with Crippen molar-refractivity contribution in [2.75, 3.05) is 0 Å². The first kappa shape index (κ1) is 23.5. The first-order valence-electron chi connectivity index (χ1n) is 11.5. The van der Waals surface area contributed by atoms with E-state index in [0.29, 0.717) is 29.8 Å². The van der Waals surface area contributed by atoms with Crippen molar-refractivity contribution >= 4 is 11.8 Å². The van der Waals surface area contributed by atoms with Crippen molar-refractivity contribution in [1.29, 1.82) is 0 Å². The number of hydrogen-bond donors (Lipinski definition) is 2. The van der Waals surface area contributed by atoms with Gasteiger partial charge in [0.25, 0.3) is 0 Å². The Hall–Kier alpha value is -3.62. The Bertz CT molecular complexity index is 1140. The van der Waals surface area contributed by atoms with E-state index in [2.05, 4.69) is 25.7 Å². The fourth-order valence-electron chi connectivity index (χ4n) is 4.48. The maximum absolute atomic E-state index is 14.7. The number of nitrogens with one attached hydrogen (secondary N) is 2. The van der Waals surface area contributed by atoms with E-state index in [9.17, 15) is 14.0 Å². The standard InChI is InChI=1S/C25H29FN6O2/c1-15(2)19-10-11-20(28-24(19)26)23(17-7-5-4-6-8-17)29-25(34)21-12-9-16(3)32(21)22(33)13-18-14-27-31-30-18/h4-8,10-11,14-16,21,23H,9,12-13H2,1-3H3,(H,29,34)(H,27,30,31). The highest BCUT2D eigenvalue weighted by Gasteiger charge is 2.39. The monoisotopic (exact) mass is 464 g/mol. The molecule has 3 aromatic rings. The van der Waals surface area contributed by atoms with Crippen LogP contribution in [0.1, 0.15) is 68.1 Å². The van der Waals surface area contributed by atoms with Gasteiger partial charge in [0.1, 0.15) is 6.04 Å². The van der Waals surface area contributed by atoms with Crippen molar-refractivity contribution in [3.63, 3.8) is 0 Å². The molecule has 1 fully saturated rings. The highest BCUT2D eigenvalue weighted by atomic mass is 19.1. The average Bonchev–Trinajstić information content (AvgIpc) is 3.47. The Labute approximate surface area is 198 Å². The number of aromatic nitrogens is 4. The van der Waals surface area contributed by atoms with Gasteiger partial charge in [0.15, 0.2) is 0 Å². The van der Waals surface area contributed by atoms with E-state index in [1.807, 2.05) is 51.1 Å². The molecule has 3 unspecified atom stereocenters. The molecule has 0 aliphatic carbocycles. The first-order chi connectivity index (χ1) is 16.3. The van der Waals surface area contributed by atoms with Gasteiger partial charge in [-0.1, -0.05) is 50.2 Å². The van der Waals surface area contributed by atoms with E-state index in [1.165, 1.54) is 6.20 Å². The zero-order chi connectivity index (χ0) is 24.2. The minimum atomic E-state index is -0.646. The molecule has 1 saturated heterocycles. The molecular weight excluding hydrogens is 435 g/mol. The first-order valence-corrected chi connectivity index (χ1v) is 11.5. The second-order valence-electron chi connectivity index (χ2n) is 9.00. The number of hydrogen-bond acceptors (Lipinski definition) is 5. The zero-order valence-electron chi connectivity index (χ0n) is 19.5. The Morgan fingerprint density at radius 1 is 1.18 bits per heavy atom. The molecule has 0 spiro atoms. The Kier molecular flexibility index (Phi) is 7.00. The van der Waals surface area contributed by atoms with Crippen molar-refractivity contribution in [1.82, 2.24) is 30.6 Å². The molecule has 8 nitrogen and oxygen atoms in total. The number of likely N-dealkylation sites (tertiary alicyclic amines) is 1. The van der Waals surface area contributed by atoms with Crippen LogP contribution in [0, 0.1) is 5.95 Å². The maximum Gasteiger partial charge on any atom is 0.243 e. The Balaban J connectivity index is 1.59. The maximum atomic E-state index is 14.7. The van der Waals surface area contributed by atoms with Crippen molar-refractivity contribution in [2.24, 2.45) is 0 Å². The molecule has 1 aliphatic heterocycles. The van der Waals surface area contributed by atoms with Gasteiger partial charge in [0.2, 0.25) is 17.8 Å². The molecule has 3 atom stereocenters. The van der Waals surface area contributed by atoms with Crippen LogP contribution in [0.15, 0.2) is 48.7 Å². The quantitative estimate of drug-likeness (QED) is 0.522. The highest BCUT2D eigenvalue weighted by Crippen LogP contribution is 2.28. The minimum absolute atomic E-state index is 0.00409. The van der Waals surface area contributed by atoms with Crippen molar-refractivity contribution in [3.05, 3.63) is 77.1 Å². The smallest absolute Gasteiger partial charge is 0.243 e. The summed E-state index contributed by atoms with van der Waals surface area (Å²) in [6.45, 7) is 5.74. The number of benzene rings is 1. The topological polar surface area (TPSA) is 104 Å². The summed E-state index contributed by atoms with van der Waals surface area (Å²) in [6, 6.07) is 11.5. The van der Waals surface area contributed by atoms with Crippen LogP contribution in [0.25, 0.3) is 0 Å². The lowest BCUT2D eigenvalue weighted by molar-refractivity contribution is -0.139. The number of carbonyl (C=O) groups excluding carboxylic acids is 2. The van der Waals surface area contributed by atoms with Gasteiger partial charge in [-0.15, -0.1) is 0 Å². The lowest BCUT2D eigenvalue weighted by Crippen LogP contribution is -2.49. The molecular formula is C25H29FN6O2. The zero-order valence-corrected chi connectivity index (χ0v) is 19.5. The molecule has 3 heterocycles. The molecule has 2 amide bonds. The third-order valence-electron chi connectivity index (χ3n) is 6.29. The van der Waals surface area contributed by atoms with Crippen molar-refractivity contribution in [2.45, 2.75) is 64.1 Å². The summed E-state index contributed by atoms with van der Waals surface area (Å²) in [6.07, 6.45) is 2.83. The van der Waals surface area contributed by atoms with Gasteiger partial charge < -0.3 is 10.2 Å². The Morgan fingerprint density at radius 2 is 1.94 bits per heavy atom. The van der Waals surface area contributed by atoms with Gasteiger partial charge in [0, 0.05) is 11.6 Å². The predicted molar refractivity (Wildman–Crippen MR) is 124 cm³/mol. The number of carbonyl (C=O) groups is 2. The summed E-state index contributed by atoms with van der Waals surface area (Å²) in [5.41, 5.74) is 2.24. The summed E-state index contributed by atoms with van der Waals surface area (Å²) >= 11 is 0. The molecule has 1 aliphatic rings. The van der Waals surface area contributed by atoms with Crippen LogP contribution >= 0.6 is 0 Å². The summed E-state index contributed by atoms with van der Waals surface area (Å²) in [5.74, 6) is -1.01. The van der Waals surface area contributed by atoms with Crippen LogP contribution in [0.5, 0.6) is 0 Å². The molecule has 178 valence electrons. The van der Waals surface area contributed by atoms with Crippen molar-refractivity contribution in [3.8, 4) is 0 Å². The van der Waals surface area contributed by atoms with Crippen LogP contribution in [0.3, 0.4) is 0 Å². The van der Waals surface area contributed by atoms with Gasteiger partial charge in [-0.25, -0.2) is 4.98 Å². The number of pyridine rings is 1. The molecule has 1 aromatic carbocycles. The third kappa shape index (κ3) is 4.98. The van der Waals surface area contributed by atoms with Gasteiger partial charge >= 0.3 is 0 Å². The fourth-order valence-corrected chi connectivity index (χ4v) is 4.48. The van der Waals surface area contributed by atoms with E-state index >= 15 is 0 Å². The minimum Gasteiger partial charge on any atom is -0.342 e. The fraction of sp³-hybridized carbons (Fsp3) is 0.400. The number of halogens is 1. The summed E-state index contributed by atoms with van der Waals surface area (Å²) in [7, 11) is 0. The van der Waals surface area contributed by atoms with E-state index in [1.54, 1.807) is 17.0 Å². The predicted octanol–water partition coefficient (Wildman–Crippen LogP) is 3.29. The van der Waals surface area contributed by atoms with E-state index in [0.717, 1.165) is 5.56 Å². The SMILES string of the molecule is CC(C)c1ccc(C(NC(=O)C2CCC(C)N2C(=O)Cc2cn[nH]n2)c2ccccc2)nc1F. The molecule has 0 radical (unpaired) electrons. The third-order valence-corrected chi connectivity index (χ3v) is 6.29. The van der Waals surface area contributed by atoms with Crippen LogP contribution < -0.4 is 5.32 Å². The second kappa shape index (κ2) is 10.1. The summed E-state index contributed by atoms with van der Waals surface area (Å²) in [5, 5.41) is 13.2. The van der Waals surface area contributed by atoms with Gasteiger partial charge in [-0.05, 0) is 37.3 Å². The van der Waals surface area contributed by atoms with Crippen molar-refractivity contribution < 1.29 is 14.0 Å². The Morgan fingerprint density at radius 3 is 2.59 bits per heavy atom. The number of aromatic amines is 1. The molecule has 9 heteroatoms. The van der Waals surface area contributed by atoms with Crippen LogP contribution in [0.4, 0.5) is 4.39 Å². The number of amides is 2. The van der Waals surface area contributed by atoms with Crippen LogP contribution in [-0.2, 0) is 16.0 Å². The number of nitrogens with zero attached hydrogens (tertiary/aromatic N) is 4. The molecule has 34 heavy (non-hydrogen) atoms. The van der Waals surface area contributed by atoms with Gasteiger partial charge in [-0.2, -0.15) is 19.8 Å². The van der Waals surface area contributed by atoms with Crippen LogP contribution in [0.2, 0.25) is 0 Å². The van der Waals surface area contributed by atoms with E-state index in [-0.39, 0.29) is 30.2 Å². The average molecular weight is 465 g/mol. The lowest BCUT2D eigenvalue weighted by atomic mass is 9.99. The molecule has 4 rings (SSSR count). The number of H-pyrrole nitrogens is 1. The van der Waals surface area contributed by atoms with Crippen LogP contribution in [-0.4, -0.2) is 49.2 Å². The number of rotatable bonds is 7. The van der Waals surface area contributed by atoms with E-state index < -0.39 is 18.0 Å². The molecule has 2 aromatic heterocycles. The molecule has 0 bridgehead atoms. The molecule has 0 saturated carbocycles. The summed E-state index contributed by atoms with van der Waals surface area (Å²) < 4.78 is 14.7.